The minimum Gasteiger partial charge on any atom is -0.451 e. The zero-order valence-electron chi connectivity index (χ0n) is 13.9. The molecule has 24 heavy (non-hydrogen) atoms. The standard InChI is InChI=1S/C16H22N4O4/c1-10-5-3-4-6-12(10)19-16(23)20-14(21)9-24-15(22)13-8-17-11(2)7-18-13/h7-8,10,12H,3-6,9H2,1-2H3,(H2,19,20,21,23)/t10-,12-/m0/s1. The molecule has 2 N–H and O–H groups in total. The zero-order chi connectivity index (χ0) is 17.5. The number of esters is 1. The highest BCUT2D eigenvalue weighted by atomic mass is 16.5. The highest BCUT2D eigenvalue weighted by molar-refractivity contribution is 5.96. The Bertz CT molecular complexity index is 603. The number of amides is 3. The molecule has 2 rings (SSSR count). The number of imide groups is 1. The number of hydrogen-bond donors (Lipinski definition) is 2. The predicted octanol–water partition coefficient (Wildman–Crippen LogP) is 1.35. The van der Waals surface area contributed by atoms with Crippen LogP contribution in [0.3, 0.4) is 0 Å². The van der Waals surface area contributed by atoms with Crippen molar-refractivity contribution in [3.8, 4) is 0 Å². The number of urea groups is 1. The monoisotopic (exact) mass is 334 g/mol. The lowest BCUT2D eigenvalue weighted by molar-refractivity contribution is -0.123. The fraction of sp³-hybridized carbons (Fsp3) is 0.562. The quantitative estimate of drug-likeness (QED) is 0.804. The van der Waals surface area contributed by atoms with Crippen LogP contribution in [0.25, 0.3) is 0 Å². The minimum absolute atomic E-state index is 0.00822. The lowest BCUT2D eigenvalue weighted by Gasteiger charge is -2.29. The van der Waals surface area contributed by atoms with Crippen LogP contribution < -0.4 is 10.6 Å². The van der Waals surface area contributed by atoms with E-state index in [1.807, 2.05) is 0 Å². The summed E-state index contributed by atoms with van der Waals surface area (Å²) in [7, 11) is 0. The van der Waals surface area contributed by atoms with Crippen LogP contribution in [0.15, 0.2) is 12.4 Å². The molecular formula is C16H22N4O4. The molecule has 2 atom stereocenters. The number of nitrogens with one attached hydrogen (secondary N) is 2. The molecule has 1 aliphatic rings. The summed E-state index contributed by atoms with van der Waals surface area (Å²) in [4.78, 5) is 43.0. The lowest BCUT2D eigenvalue weighted by atomic mass is 9.86. The Morgan fingerprint density at radius 3 is 2.62 bits per heavy atom. The van der Waals surface area contributed by atoms with Gasteiger partial charge in [-0.1, -0.05) is 19.8 Å². The molecule has 1 aromatic heterocycles. The van der Waals surface area contributed by atoms with Gasteiger partial charge in [-0.3, -0.25) is 15.1 Å². The molecule has 0 unspecified atom stereocenters. The largest absolute Gasteiger partial charge is 0.451 e. The fourth-order valence-electron chi connectivity index (χ4n) is 2.60. The van der Waals surface area contributed by atoms with Gasteiger partial charge in [-0.05, 0) is 25.7 Å². The van der Waals surface area contributed by atoms with Crippen molar-refractivity contribution >= 4 is 17.9 Å². The summed E-state index contributed by atoms with van der Waals surface area (Å²) in [5.74, 6) is -1.07. The maximum atomic E-state index is 11.8. The second-order valence-corrected chi connectivity index (χ2v) is 6.01. The summed E-state index contributed by atoms with van der Waals surface area (Å²) in [5.41, 5.74) is 0.673. The van der Waals surface area contributed by atoms with E-state index in [1.54, 1.807) is 6.92 Å². The first-order valence-electron chi connectivity index (χ1n) is 8.02. The van der Waals surface area contributed by atoms with Gasteiger partial charge in [0.05, 0.1) is 11.9 Å². The van der Waals surface area contributed by atoms with Crippen LogP contribution in [0, 0.1) is 12.8 Å². The van der Waals surface area contributed by atoms with Crippen molar-refractivity contribution in [1.29, 1.82) is 0 Å². The highest BCUT2D eigenvalue weighted by Gasteiger charge is 2.23. The molecule has 130 valence electrons. The van der Waals surface area contributed by atoms with Crippen molar-refractivity contribution in [3.63, 3.8) is 0 Å². The van der Waals surface area contributed by atoms with Gasteiger partial charge in [0.1, 0.15) is 0 Å². The van der Waals surface area contributed by atoms with Gasteiger partial charge in [0.15, 0.2) is 12.3 Å². The van der Waals surface area contributed by atoms with Gasteiger partial charge in [-0.15, -0.1) is 0 Å². The summed E-state index contributed by atoms with van der Waals surface area (Å²) in [6, 6.07) is -0.498. The van der Waals surface area contributed by atoms with Gasteiger partial charge in [0.2, 0.25) is 0 Å². The van der Waals surface area contributed by atoms with E-state index in [4.69, 9.17) is 4.74 Å². The molecule has 0 spiro atoms. The number of ether oxygens (including phenoxy) is 1. The molecule has 0 aliphatic heterocycles. The van der Waals surface area contributed by atoms with Crippen molar-refractivity contribution < 1.29 is 19.1 Å². The molecule has 8 heteroatoms. The zero-order valence-corrected chi connectivity index (χ0v) is 13.9. The first-order chi connectivity index (χ1) is 11.5. The first kappa shape index (κ1) is 17.8. The number of aromatic nitrogens is 2. The van der Waals surface area contributed by atoms with Crippen molar-refractivity contribution in [3.05, 3.63) is 23.8 Å². The van der Waals surface area contributed by atoms with E-state index in [0.29, 0.717) is 11.6 Å². The first-order valence-corrected chi connectivity index (χ1v) is 8.02. The van der Waals surface area contributed by atoms with E-state index in [1.165, 1.54) is 12.4 Å². The lowest BCUT2D eigenvalue weighted by Crippen LogP contribution is -2.48. The smallest absolute Gasteiger partial charge is 0.359 e. The van der Waals surface area contributed by atoms with Crippen molar-refractivity contribution in [2.75, 3.05) is 6.61 Å². The van der Waals surface area contributed by atoms with Crippen LogP contribution in [0.5, 0.6) is 0 Å². The molecular weight excluding hydrogens is 312 g/mol. The second-order valence-electron chi connectivity index (χ2n) is 6.01. The second kappa shape index (κ2) is 8.37. The third-order valence-electron chi connectivity index (χ3n) is 4.01. The number of aryl methyl sites for hydroxylation is 1. The van der Waals surface area contributed by atoms with Crippen LogP contribution in [0.4, 0.5) is 4.79 Å². The molecule has 8 nitrogen and oxygen atoms in total. The maximum Gasteiger partial charge on any atom is 0.359 e. The summed E-state index contributed by atoms with van der Waals surface area (Å²) >= 11 is 0. The fourth-order valence-corrected chi connectivity index (χ4v) is 2.60. The molecule has 0 bridgehead atoms. The Labute approximate surface area is 140 Å². The van der Waals surface area contributed by atoms with E-state index >= 15 is 0 Å². The topological polar surface area (TPSA) is 110 Å². The Morgan fingerprint density at radius 2 is 1.96 bits per heavy atom. The van der Waals surface area contributed by atoms with Crippen molar-refractivity contribution in [2.24, 2.45) is 5.92 Å². The molecule has 1 heterocycles. The maximum absolute atomic E-state index is 11.8. The molecule has 0 radical (unpaired) electrons. The van der Waals surface area contributed by atoms with E-state index in [9.17, 15) is 14.4 Å². The molecule has 1 saturated carbocycles. The number of carbonyl (C=O) groups excluding carboxylic acids is 3. The minimum atomic E-state index is -0.765. The van der Waals surface area contributed by atoms with Crippen molar-refractivity contribution in [1.82, 2.24) is 20.6 Å². The summed E-state index contributed by atoms with van der Waals surface area (Å²) in [5, 5.41) is 4.95. The van der Waals surface area contributed by atoms with Gasteiger partial charge < -0.3 is 10.1 Å². The Balaban J connectivity index is 1.73. The van der Waals surface area contributed by atoms with Crippen LogP contribution in [0.1, 0.15) is 48.8 Å². The van der Waals surface area contributed by atoms with Crippen LogP contribution in [0.2, 0.25) is 0 Å². The average molecular weight is 334 g/mol. The molecule has 1 aliphatic carbocycles. The predicted molar refractivity (Wildman–Crippen MR) is 85.1 cm³/mol. The third-order valence-corrected chi connectivity index (χ3v) is 4.01. The number of carbonyl (C=O) groups is 3. The van der Waals surface area contributed by atoms with E-state index in [-0.39, 0.29) is 11.7 Å². The molecule has 3 amide bonds. The van der Waals surface area contributed by atoms with Gasteiger partial charge in [-0.25, -0.2) is 14.6 Å². The Kier molecular flexibility index (Phi) is 6.22. The van der Waals surface area contributed by atoms with Crippen LogP contribution in [-0.2, 0) is 9.53 Å². The molecule has 1 aromatic rings. The average Bonchev–Trinajstić information content (AvgIpc) is 2.55. The van der Waals surface area contributed by atoms with Crippen LogP contribution in [-0.4, -0.2) is 40.5 Å². The number of rotatable bonds is 4. The highest BCUT2D eigenvalue weighted by Crippen LogP contribution is 2.23. The number of nitrogens with zero attached hydrogens (tertiary/aromatic N) is 2. The van der Waals surface area contributed by atoms with Gasteiger partial charge >= 0.3 is 12.0 Å². The van der Waals surface area contributed by atoms with E-state index in [2.05, 4.69) is 27.5 Å². The summed E-state index contributed by atoms with van der Waals surface area (Å²) < 4.78 is 4.81. The number of hydrogen-bond acceptors (Lipinski definition) is 6. The van der Waals surface area contributed by atoms with Gasteiger partial charge in [0.25, 0.3) is 5.91 Å². The SMILES string of the molecule is Cc1cnc(C(=O)OCC(=O)NC(=O)N[C@H]2CCCC[C@@H]2C)cn1. The van der Waals surface area contributed by atoms with Gasteiger partial charge in [0, 0.05) is 12.2 Å². The molecule has 0 saturated heterocycles. The van der Waals surface area contributed by atoms with E-state index in [0.717, 1.165) is 25.7 Å². The summed E-state index contributed by atoms with van der Waals surface area (Å²) in [6.45, 7) is 3.26. The third kappa shape index (κ3) is 5.29. The van der Waals surface area contributed by atoms with Gasteiger partial charge in [-0.2, -0.15) is 0 Å². The van der Waals surface area contributed by atoms with Crippen molar-refractivity contribution in [2.45, 2.75) is 45.6 Å². The summed E-state index contributed by atoms with van der Waals surface area (Å²) in [6.07, 6.45) is 6.90. The Morgan fingerprint density at radius 1 is 1.21 bits per heavy atom. The molecule has 1 fully saturated rings. The van der Waals surface area contributed by atoms with E-state index < -0.39 is 24.5 Å². The van der Waals surface area contributed by atoms with Crippen LogP contribution >= 0.6 is 0 Å². The normalized spacial score (nSPS) is 20.1. The Hall–Kier alpha value is -2.51. The molecule has 0 aromatic carbocycles.